The van der Waals surface area contributed by atoms with Crippen molar-refractivity contribution in [3.05, 3.63) is 17.5 Å². The van der Waals surface area contributed by atoms with Crippen molar-refractivity contribution in [1.82, 2.24) is 24.5 Å². The number of piperazine rings is 1. The van der Waals surface area contributed by atoms with Crippen LogP contribution >= 0.6 is 0 Å². The molecule has 1 unspecified atom stereocenters. The van der Waals surface area contributed by atoms with Gasteiger partial charge in [-0.25, -0.2) is 0 Å². The maximum Gasteiger partial charge on any atom is 0.274 e. The number of ether oxygens (including phenoxy) is 1. The first-order valence-electron chi connectivity index (χ1n) is 9.44. The Hall–Kier alpha value is -1.93. The van der Waals surface area contributed by atoms with Gasteiger partial charge < -0.3 is 19.4 Å². The minimum Gasteiger partial charge on any atom is -0.365 e. The van der Waals surface area contributed by atoms with Gasteiger partial charge in [-0.1, -0.05) is 0 Å². The first-order chi connectivity index (χ1) is 12.5. The van der Waals surface area contributed by atoms with E-state index in [0.29, 0.717) is 31.9 Å². The number of fused-ring (bicyclic) bond motifs is 1. The van der Waals surface area contributed by atoms with Crippen LogP contribution in [-0.4, -0.2) is 88.3 Å². The van der Waals surface area contributed by atoms with E-state index in [1.54, 1.807) is 0 Å². The zero-order valence-corrected chi connectivity index (χ0v) is 15.6. The number of carbonyl (C=O) groups is 2. The molecule has 1 aromatic rings. The van der Waals surface area contributed by atoms with Gasteiger partial charge in [0.05, 0.1) is 18.8 Å². The molecule has 0 bridgehead atoms. The summed E-state index contributed by atoms with van der Waals surface area (Å²) in [4.78, 5) is 31.5. The van der Waals surface area contributed by atoms with Gasteiger partial charge in [-0.15, -0.1) is 0 Å². The van der Waals surface area contributed by atoms with Crippen LogP contribution in [-0.2, 0) is 22.6 Å². The van der Waals surface area contributed by atoms with E-state index in [2.05, 4.69) is 17.0 Å². The molecular formula is C18H27N5O3. The van der Waals surface area contributed by atoms with Crippen molar-refractivity contribution < 1.29 is 14.3 Å². The molecule has 1 atom stereocenters. The second-order valence-electron chi connectivity index (χ2n) is 7.75. The molecule has 0 radical (unpaired) electrons. The van der Waals surface area contributed by atoms with Gasteiger partial charge in [0, 0.05) is 39.3 Å². The highest BCUT2D eigenvalue weighted by Gasteiger charge is 2.41. The van der Waals surface area contributed by atoms with Crippen molar-refractivity contribution in [1.29, 1.82) is 0 Å². The Morgan fingerprint density at radius 3 is 2.54 bits per heavy atom. The average Bonchev–Trinajstić information content (AvgIpc) is 3.27. The van der Waals surface area contributed by atoms with E-state index in [-0.39, 0.29) is 11.8 Å². The zero-order valence-electron chi connectivity index (χ0n) is 15.6. The van der Waals surface area contributed by atoms with E-state index < -0.39 is 5.60 Å². The van der Waals surface area contributed by atoms with Crippen molar-refractivity contribution in [3.8, 4) is 0 Å². The molecular weight excluding hydrogens is 334 g/mol. The minimum atomic E-state index is -0.694. The fourth-order valence-electron chi connectivity index (χ4n) is 4.00. The molecule has 4 heterocycles. The maximum atomic E-state index is 12.8. The normalized spacial score (nSPS) is 26.8. The summed E-state index contributed by atoms with van der Waals surface area (Å²) in [5.74, 6) is 0.0401. The van der Waals surface area contributed by atoms with Crippen LogP contribution < -0.4 is 0 Å². The molecule has 8 heteroatoms. The van der Waals surface area contributed by atoms with Crippen LogP contribution in [0.4, 0.5) is 0 Å². The van der Waals surface area contributed by atoms with Crippen molar-refractivity contribution in [2.24, 2.45) is 0 Å². The molecule has 0 spiro atoms. The number of carbonyl (C=O) groups excluding carboxylic acids is 2. The van der Waals surface area contributed by atoms with Crippen molar-refractivity contribution >= 4 is 11.8 Å². The van der Waals surface area contributed by atoms with Crippen LogP contribution in [0.2, 0.25) is 0 Å². The Labute approximate surface area is 153 Å². The highest BCUT2D eigenvalue weighted by atomic mass is 16.5. The van der Waals surface area contributed by atoms with Crippen LogP contribution in [0.3, 0.4) is 0 Å². The van der Waals surface area contributed by atoms with E-state index in [4.69, 9.17) is 4.74 Å². The number of aromatic nitrogens is 2. The van der Waals surface area contributed by atoms with E-state index in [1.807, 2.05) is 27.5 Å². The van der Waals surface area contributed by atoms with Gasteiger partial charge in [0.15, 0.2) is 5.69 Å². The summed E-state index contributed by atoms with van der Waals surface area (Å²) in [6, 6.07) is 1.85. The standard InChI is InChI=1S/C18H27N5O3/c1-18(4-3-11-26-18)17(25)22-9-10-23-14(13-22)12-15(19-23)16(24)21-7-5-20(2)6-8-21/h12H,3-11,13H2,1-2H3. The lowest BCUT2D eigenvalue weighted by Gasteiger charge is -2.33. The molecule has 0 aliphatic carbocycles. The number of amides is 2. The average molecular weight is 361 g/mol. The Bertz CT molecular complexity index is 702. The number of likely N-dealkylation sites (N-methyl/N-ethyl adjacent to an activating group) is 1. The molecule has 3 aliphatic heterocycles. The van der Waals surface area contributed by atoms with Crippen LogP contribution in [0.25, 0.3) is 0 Å². The molecule has 4 rings (SSSR count). The first kappa shape index (κ1) is 17.5. The maximum absolute atomic E-state index is 12.8. The van der Waals surface area contributed by atoms with Gasteiger partial charge in [0.2, 0.25) is 0 Å². The first-order valence-corrected chi connectivity index (χ1v) is 9.44. The number of hydrogen-bond donors (Lipinski definition) is 0. The van der Waals surface area contributed by atoms with Gasteiger partial charge >= 0.3 is 0 Å². The Morgan fingerprint density at radius 1 is 1.12 bits per heavy atom. The van der Waals surface area contributed by atoms with E-state index in [1.165, 1.54) is 0 Å². The van der Waals surface area contributed by atoms with Crippen LogP contribution in [0.5, 0.6) is 0 Å². The molecule has 2 amide bonds. The highest BCUT2D eigenvalue weighted by molar-refractivity contribution is 5.92. The third-order valence-electron chi connectivity index (χ3n) is 5.77. The summed E-state index contributed by atoms with van der Waals surface area (Å²) in [6.07, 6.45) is 1.70. The van der Waals surface area contributed by atoms with E-state index in [0.717, 1.165) is 44.7 Å². The third kappa shape index (κ3) is 3.12. The molecule has 2 saturated heterocycles. The quantitative estimate of drug-likeness (QED) is 0.752. The molecule has 0 saturated carbocycles. The fourth-order valence-corrected chi connectivity index (χ4v) is 4.00. The van der Waals surface area contributed by atoms with Gasteiger partial charge in [-0.05, 0) is 32.9 Å². The van der Waals surface area contributed by atoms with Crippen LogP contribution in [0.15, 0.2) is 6.07 Å². The number of nitrogens with zero attached hydrogens (tertiary/aromatic N) is 5. The predicted molar refractivity (Wildman–Crippen MR) is 94.6 cm³/mol. The lowest BCUT2D eigenvalue weighted by Crippen LogP contribution is -2.49. The summed E-state index contributed by atoms with van der Waals surface area (Å²) in [7, 11) is 2.07. The molecule has 2 fully saturated rings. The lowest BCUT2D eigenvalue weighted by atomic mass is 10.0. The zero-order chi connectivity index (χ0) is 18.3. The van der Waals surface area contributed by atoms with Gasteiger partial charge in [0.1, 0.15) is 5.60 Å². The van der Waals surface area contributed by atoms with Crippen molar-refractivity contribution in [2.75, 3.05) is 46.4 Å². The Morgan fingerprint density at radius 2 is 1.85 bits per heavy atom. The third-order valence-corrected chi connectivity index (χ3v) is 5.77. The topological polar surface area (TPSA) is 70.9 Å². The van der Waals surface area contributed by atoms with Crippen molar-refractivity contribution in [3.63, 3.8) is 0 Å². The van der Waals surface area contributed by atoms with E-state index in [9.17, 15) is 9.59 Å². The summed E-state index contributed by atoms with van der Waals surface area (Å²) < 4.78 is 7.56. The Kier molecular flexibility index (Phi) is 4.48. The summed E-state index contributed by atoms with van der Waals surface area (Å²) in [6.45, 7) is 7.49. The summed E-state index contributed by atoms with van der Waals surface area (Å²) >= 11 is 0. The van der Waals surface area contributed by atoms with E-state index >= 15 is 0 Å². The monoisotopic (exact) mass is 361 g/mol. The van der Waals surface area contributed by atoms with Crippen molar-refractivity contribution in [2.45, 2.75) is 38.5 Å². The van der Waals surface area contributed by atoms with Crippen LogP contribution in [0.1, 0.15) is 35.9 Å². The largest absolute Gasteiger partial charge is 0.365 e. The predicted octanol–water partition coefficient (Wildman–Crippen LogP) is 0.182. The molecule has 0 N–H and O–H groups in total. The van der Waals surface area contributed by atoms with Gasteiger partial charge in [-0.2, -0.15) is 5.10 Å². The van der Waals surface area contributed by atoms with Crippen LogP contribution in [0, 0.1) is 0 Å². The molecule has 0 aromatic carbocycles. The molecule has 8 nitrogen and oxygen atoms in total. The smallest absolute Gasteiger partial charge is 0.274 e. The molecule has 3 aliphatic rings. The summed E-state index contributed by atoms with van der Waals surface area (Å²) in [5.41, 5.74) is 0.714. The number of rotatable bonds is 2. The second-order valence-corrected chi connectivity index (χ2v) is 7.75. The second kappa shape index (κ2) is 6.66. The summed E-state index contributed by atoms with van der Waals surface area (Å²) in [5, 5.41) is 4.50. The minimum absolute atomic E-state index is 0.0102. The Balaban J connectivity index is 1.45. The lowest BCUT2D eigenvalue weighted by molar-refractivity contribution is -0.152. The molecule has 26 heavy (non-hydrogen) atoms. The fraction of sp³-hybridized carbons (Fsp3) is 0.722. The van der Waals surface area contributed by atoms with Gasteiger partial charge in [0.25, 0.3) is 11.8 Å². The SMILES string of the molecule is CN1CCN(C(=O)c2cc3n(n2)CCN(C(=O)C2(C)CCCO2)C3)CC1. The van der Waals surface area contributed by atoms with Gasteiger partial charge in [-0.3, -0.25) is 14.3 Å². The number of hydrogen-bond acceptors (Lipinski definition) is 5. The molecule has 1 aromatic heterocycles. The highest BCUT2D eigenvalue weighted by Crippen LogP contribution is 2.29. The molecule has 142 valence electrons.